The Morgan fingerprint density at radius 2 is 2.07 bits per heavy atom. The van der Waals surface area contributed by atoms with E-state index in [4.69, 9.17) is 11.6 Å². The summed E-state index contributed by atoms with van der Waals surface area (Å²) in [5.74, 6) is 0. The largest absolute Gasteiger partial charge is 0.303 e. The van der Waals surface area contributed by atoms with Crippen molar-refractivity contribution in [2.24, 2.45) is 0 Å². The lowest BCUT2D eigenvalue weighted by Crippen LogP contribution is -1.82. The van der Waals surface area contributed by atoms with Gasteiger partial charge >= 0.3 is 0 Å². The summed E-state index contributed by atoms with van der Waals surface area (Å²) in [5, 5.41) is 0.424. The molecular weight excluding hydrogens is 200 g/mol. The summed E-state index contributed by atoms with van der Waals surface area (Å²) in [4.78, 5) is 20.5. The molecule has 2 nitrogen and oxygen atoms in total. The molecule has 0 aromatic heterocycles. The summed E-state index contributed by atoms with van der Waals surface area (Å²) in [6, 6.07) is 5.11. The van der Waals surface area contributed by atoms with E-state index < -0.39 is 0 Å². The highest BCUT2D eigenvalue weighted by Crippen LogP contribution is 2.17. The van der Waals surface area contributed by atoms with Gasteiger partial charge in [0.15, 0.2) is 6.29 Å². The van der Waals surface area contributed by atoms with Crippen LogP contribution in [0.25, 0.3) is 6.08 Å². The Labute approximate surface area is 87.2 Å². The summed E-state index contributed by atoms with van der Waals surface area (Å²) in [6.45, 7) is 0. The molecule has 1 rings (SSSR count). The Bertz CT molecular complexity index is 370. The molecule has 0 amide bonds. The van der Waals surface area contributed by atoms with E-state index in [9.17, 15) is 9.59 Å². The van der Waals surface area contributed by atoms with Crippen LogP contribution in [0.4, 0.5) is 0 Å². The van der Waals surface area contributed by atoms with Crippen LogP contribution < -0.4 is 0 Å². The van der Waals surface area contributed by atoms with E-state index in [0.29, 0.717) is 23.3 Å². The molecule has 0 fully saturated rings. The van der Waals surface area contributed by atoms with Crippen molar-refractivity contribution in [3.63, 3.8) is 0 Å². The van der Waals surface area contributed by atoms with Crippen LogP contribution in [0, 0.1) is 0 Å². The first-order chi connectivity index (χ1) is 6.77. The quantitative estimate of drug-likeness (QED) is 0.713. The summed E-state index contributed by atoms with van der Waals surface area (Å²) in [7, 11) is 0. The maximum atomic E-state index is 10.5. The molecule has 0 N–H and O–H groups in total. The van der Waals surface area contributed by atoms with Crippen molar-refractivity contribution in [1.29, 1.82) is 0 Å². The Hall–Kier alpha value is -1.41. The van der Waals surface area contributed by atoms with Crippen molar-refractivity contribution in [2.75, 3.05) is 0 Å². The molecule has 0 aliphatic heterocycles. The van der Waals surface area contributed by atoms with E-state index in [2.05, 4.69) is 0 Å². The van der Waals surface area contributed by atoms with Crippen LogP contribution in [-0.4, -0.2) is 12.6 Å². The standard InChI is InChI=1S/C11H9ClO2/c12-11-7-9(3-1-2-6-13)4-5-10(11)8-14/h1,3-8H,2H2. The lowest BCUT2D eigenvalue weighted by Gasteiger charge is -1.97. The number of hydrogen-bond donors (Lipinski definition) is 0. The van der Waals surface area contributed by atoms with Crippen LogP contribution in [-0.2, 0) is 4.79 Å². The average Bonchev–Trinajstić information content (AvgIpc) is 2.18. The third-order valence-corrected chi connectivity index (χ3v) is 2.02. The summed E-state index contributed by atoms with van der Waals surface area (Å²) in [5.41, 5.74) is 1.35. The average molecular weight is 209 g/mol. The summed E-state index contributed by atoms with van der Waals surface area (Å²) >= 11 is 5.81. The van der Waals surface area contributed by atoms with E-state index >= 15 is 0 Å². The van der Waals surface area contributed by atoms with Crippen molar-refractivity contribution in [1.82, 2.24) is 0 Å². The van der Waals surface area contributed by atoms with Gasteiger partial charge in [-0.15, -0.1) is 0 Å². The van der Waals surface area contributed by atoms with Crippen LogP contribution >= 0.6 is 11.6 Å². The Morgan fingerprint density at radius 3 is 2.64 bits per heavy atom. The van der Waals surface area contributed by atoms with Crippen molar-refractivity contribution >= 4 is 30.2 Å². The minimum Gasteiger partial charge on any atom is -0.303 e. The topological polar surface area (TPSA) is 34.1 Å². The Morgan fingerprint density at radius 1 is 1.29 bits per heavy atom. The van der Waals surface area contributed by atoms with E-state index in [0.717, 1.165) is 11.8 Å². The van der Waals surface area contributed by atoms with Gasteiger partial charge in [-0.1, -0.05) is 29.8 Å². The molecule has 0 aliphatic carbocycles. The summed E-state index contributed by atoms with van der Waals surface area (Å²) < 4.78 is 0. The van der Waals surface area contributed by atoms with Crippen LogP contribution in [0.15, 0.2) is 24.3 Å². The predicted molar refractivity (Wildman–Crippen MR) is 56.6 cm³/mol. The highest BCUT2D eigenvalue weighted by molar-refractivity contribution is 6.33. The van der Waals surface area contributed by atoms with Gasteiger partial charge in [-0.05, 0) is 17.7 Å². The molecule has 0 unspecified atom stereocenters. The third-order valence-electron chi connectivity index (χ3n) is 1.69. The smallest absolute Gasteiger partial charge is 0.151 e. The first kappa shape index (κ1) is 10.7. The second-order valence-corrected chi connectivity index (χ2v) is 3.11. The predicted octanol–water partition coefficient (Wildman–Crippen LogP) is 2.75. The van der Waals surface area contributed by atoms with Crippen LogP contribution in [0.1, 0.15) is 22.3 Å². The van der Waals surface area contributed by atoms with Gasteiger partial charge in [-0.25, -0.2) is 0 Å². The first-order valence-electron chi connectivity index (χ1n) is 4.13. The van der Waals surface area contributed by atoms with Gasteiger partial charge < -0.3 is 4.79 Å². The third kappa shape index (κ3) is 2.82. The van der Waals surface area contributed by atoms with E-state index in [1.54, 1.807) is 30.4 Å². The number of rotatable bonds is 4. The van der Waals surface area contributed by atoms with E-state index in [-0.39, 0.29) is 0 Å². The molecule has 3 heteroatoms. The van der Waals surface area contributed by atoms with Crippen molar-refractivity contribution in [3.8, 4) is 0 Å². The Kier molecular flexibility index (Phi) is 4.08. The molecule has 72 valence electrons. The molecule has 1 aromatic carbocycles. The fraction of sp³-hybridized carbons (Fsp3) is 0.0909. The number of hydrogen-bond acceptors (Lipinski definition) is 2. The maximum absolute atomic E-state index is 10.5. The molecule has 1 aromatic rings. The zero-order valence-electron chi connectivity index (χ0n) is 7.44. The molecule has 0 bridgehead atoms. The van der Waals surface area contributed by atoms with Crippen molar-refractivity contribution in [3.05, 3.63) is 40.4 Å². The molecule has 0 spiro atoms. The van der Waals surface area contributed by atoms with Gasteiger partial charge in [0.05, 0.1) is 5.02 Å². The van der Waals surface area contributed by atoms with Crippen molar-refractivity contribution in [2.45, 2.75) is 6.42 Å². The molecule has 0 saturated carbocycles. The monoisotopic (exact) mass is 208 g/mol. The lowest BCUT2D eigenvalue weighted by atomic mass is 10.1. The second kappa shape index (κ2) is 5.35. The van der Waals surface area contributed by atoms with Gasteiger partial charge in [0.25, 0.3) is 0 Å². The van der Waals surface area contributed by atoms with Gasteiger partial charge in [0.1, 0.15) is 6.29 Å². The fourth-order valence-electron chi connectivity index (χ4n) is 1.00. The SMILES string of the molecule is O=CCC=Cc1ccc(C=O)c(Cl)c1. The van der Waals surface area contributed by atoms with E-state index in [1.807, 2.05) is 0 Å². The molecule has 0 atom stereocenters. The highest BCUT2D eigenvalue weighted by atomic mass is 35.5. The molecule has 0 radical (unpaired) electrons. The Balaban J connectivity index is 2.85. The lowest BCUT2D eigenvalue weighted by molar-refractivity contribution is -0.107. The molecular formula is C11H9ClO2. The van der Waals surface area contributed by atoms with Crippen LogP contribution in [0.3, 0.4) is 0 Å². The zero-order chi connectivity index (χ0) is 10.4. The fourth-order valence-corrected chi connectivity index (χ4v) is 1.24. The number of allylic oxidation sites excluding steroid dienone is 1. The first-order valence-corrected chi connectivity index (χ1v) is 4.50. The molecule has 0 heterocycles. The number of halogens is 1. The van der Waals surface area contributed by atoms with Crippen molar-refractivity contribution < 1.29 is 9.59 Å². The van der Waals surface area contributed by atoms with Gasteiger partial charge in [-0.2, -0.15) is 0 Å². The number of carbonyl (C=O) groups excluding carboxylic acids is 2. The number of benzene rings is 1. The van der Waals surface area contributed by atoms with Gasteiger partial charge in [-0.3, -0.25) is 4.79 Å². The normalized spacial score (nSPS) is 10.4. The zero-order valence-corrected chi connectivity index (χ0v) is 8.20. The molecule has 0 saturated heterocycles. The molecule has 14 heavy (non-hydrogen) atoms. The molecule has 0 aliphatic rings. The number of aldehydes is 2. The van der Waals surface area contributed by atoms with Crippen LogP contribution in [0.5, 0.6) is 0 Å². The van der Waals surface area contributed by atoms with Gasteiger partial charge in [0, 0.05) is 12.0 Å². The van der Waals surface area contributed by atoms with E-state index in [1.165, 1.54) is 0 Å². The minimum absolute atomic E-state index is 0.382. The minimum atomic E-state index is 0.382. The summed E-state index contributed by atoms with van der Waals surface area (Å²) in [6.07, 6.45) is 5.43. The van der Waals surface area contributed by atoms with Gasteiger partial charge in [0.2, 0.25) is 0 Å². The van der Waals surface area contributed by atoms with Crippen LogP contribution in [0.2, 0.25) is 5.02 Å². The highest BCUT2D eigenvalue weighted by Gasteiger charge is 1.97. The number of carbonyl (C=O) groups is 2. The second-order valence-electron chi connectivity index (χ2n) is 2.70. The maximum Gasteiger partial charge on any atom is 0.151 e.